The lowest BCUT2D eigenvalue weighted by molar-refractivity contribution is -0.133. The highest BCUT2D eigenvalue weighted by Crippen LogP contribution is 2.19. The van der Waals surface area contributed by atoms with E-state index in [0.717, 1.165) is 6.08 Å². The smallest absolute Gasteiger partial charge is 0.336 e. The highest BCUT2D eigenvalue weighted by molar-refractivity contribution is 5.91. The molecular formula is C13H15NO5. The average molecular weight is 265 g/mol. The monoisotopic (exact) mass is 265 g/mol. The zero-order valence-electron chi connectivity index (χ0n) is 10.4. The van der Waals surface area contributed by atoms with Gasteiger partial charge in [0, 0.05) is 18.7 Å². The van der Waals surface area contributed by atoms with Gasteiger partial charge in [-0.25, -0.2) is 9.59 Å². The van der Waals surface area contributed by atoms with E-state index >= 15 is 0 Å². The lowest BCUT2D eigenvalue weighted by Gasteiger charge is -2.11. The van der Waals surface area contributed by atoms with E-state index in [9.17, 15) is 14.7 Å². The number of benzene rings is 1. The van der Waals surface area contributed by atoms with Crippen LogP contribution in [0.1, 0.15) is 11.7 Å². The lowest BCUT2D eigenvalue weighted by atomic mass is 10.1. The number of carboxylic acids is 1. The zero-order chi connectivity index (χ0) is 14.3. The Hall–Kier alpha value is -2.18. The molecule has 0 amide bonds. The van der Waals surface area contributed by atoms with E-state index in [1.807, 2.05) is 0 Å². The number of carbonyl (C=O) groups is 2. The van der Waals surface area contributed by atoms with Crippen molar-refractivity contribution >= 4 is 11.9 Å². The van der Waals surface area contributed by atoms with Crippen molar-refractivity contribution in [1.29, 1.82) is 0 Å². The fourth-order valence-electron chi connectivity index (χ4n) is 1.39. The van der Waals surface area contributed by atoms with Crippen LogP contribution >= 0.6 is 0 Å². The SMILES string of the molecule is CNCC(O)c1cccc(OC(=O)/C=C\C(=O)O)c1. The number of aliphatic carboxylic acids is 1. The molecule has 0 radical (unpaired) electrons. The first kappa shape index (κ1) is 14.9. The number of rotatable bonds is 6. The molecule has 6 nitrogen and oxygen atoms in total. The molecule has 0 heterocycles. The van der Waals surface area contributed by atoms with Gasteiger partial charge in [0.05, 0.1) is 6.10 Å². The molecule has 0 saturated carbocycles. The van der Waals surface area contributed by atoms with Gasteiger partial charge < -0.3 is 20.3 Å². The number of hydrogen-bond donors (Lipinski definition) is 3. The summed E-state index contributed by atoms with van der Waals surface area (Å²) in [6.07, 6.45) is 0.805. The van der Waals surface area contributed by atoms with Gasteiger partial charge in [-0.2, -0.15) is 0 Å². The molecule has 1 atom stereocenters. The van der Waals surface area contributed by atoms with Gasteiger partial charge in [-0.3, -0.25) is 0 Å². The van der Waals surface area contributed by atoms with Crippen LogP contribution in [0.3, 0.4) is 0 Å². The first-order valence-corrected chi connectivity index (χ1v) is 5.58. The fraction of sp³-hybridized carbons (Fsp3) is 0.231. The number of aliphatic hydroxyl groups excluding tert-OH is 1. The number of aliphatic hydroxyl groups is 1. The van der Waals surface area contributed by atoms with E-state index in [0.29, 0.717) is 18.2 Å². The molecule has 1 aromatic carbocycles. The maximum Gasteiger partial charge on any atom is 0.336 e. The molecule has 0 aliphatic rings. The standard InChI is InChI=1S/C13H15NO5/c1-14-8-11(15)9-3-2-4-10(7-9)19-13(18)6-5-12(16)17/h2-7,11,14-15H,8H2,1H3,(H,16,17)/b6-5-. The summed E-state index contributed by atoms with van der Waals surface area (Å²) in [4.78, 5) is 21.5. The molecule has 0 spiro atoms. The second-order valence-electron chi connectivity index (χ2n) is 3.74. The molecule has 102 valence electrons. The number of hydrogen-bond acceptors (Lipinski definition) is 5. The van der Waals surface area contributed by atoms with Crippen LogP contribution in [0.4, 0.5) is 0 Å². The summed E-state index contributed by atoms with van der Waals surface area (Å²) >= 11 is 0. The third-order valence-corrected chi connectivity index (χ3v) is 2.22. The number of esters is 1. The number of likely N-dealkylation sites (N-methyl/N-ethyl adjacent to an activating group) is 1. The van der Waals surface area contributed by atoms with E-state index in [2.05, 4.69) is 5.32 Å². The second kappa shape index (κ2) is 7.30. The molecule has 19 heavy (non-hydrogen) atoms. The van der Waals surface area contributed by atoms with E-state index in [4.69, 9.17) is 9.84 Å². The minimum atomic E-state index is -1.23. The van der Waals surface area contributed by atoms with Crippen LogP contribution in [0.25, 0.3) is 0 Å². The van der Waals surface area contributed by atoms with Crippen molar-refractivity contribution < 1.29 is 24.5 Å². The number of carboxylic acid groups (broad SMARTS) is 1. The van der Waals surface area contributed by atoms with Gasteiger partial charge in [-0.05, 0) is 24.7 Å². The maximum atomic E-state index is 11.3. The molecule has 1 rings (SSSR count). The summed E-state index contributed by atoms with van der Waals surface area (Å²) in [6, 6.07) is 6.40. The Bertz CT molecular complexity index is 484. The summed E-state index contributed by atoms with van der Waals surface area (Å²) in [6.45, 7) is 0.371. The van der Waals surface area contributed by atoms with Gasteiger partial charge in [-0.1, -0.05) is 12.1 Å². The minimum absolute atomic E-state index is 0.243. The highest BCUT2D eigenvalue weighted by atomic mass is 16.5. The summed E-state index contributed by atoms with van der Waals surface area (Å²) in [5.41, 5.74) is 0.599. The van der Waals surface area contributed by atoms with Crippen LogP contribution in [-0.4, -0.2) is 35.7 Å². The Morgan fingerprint density at radius 3 is 2.79 bits per heavy atom. The number of ether oxygens (including phenoxy) is 1. The first-order chi connectivity index (χ1) is 9.02. The Morgan fingerprint density at radius 2 is 2.16 bits per heavy atom. The summed E-state index contributed by atoms with van der Waals surface area (Å²) in [7, 11) is 1.71. The van der Waals surface area contributed by atoms with Crippen LogP contribution in [-0.2, 0) is 9.59 Å². The van der Waals surface area contributed by atoms with Crippen LogP contribution < -0.4 is 10.1 Å². The Kier molecular flexibility index (Phi) is 5.72. The van der Waals surface area contributed by atoms with Gasteiger partial charge >= 0.3 is 11.9 Å². The maximum absolute atomic E-state index is 11.3. The first-order valence-electron chi connectivity index (χ1n) is 5.58. The number of nitrogens with one attached hydrogen (secondary N) is 1. The topological polar surface area (TPSA) is 95.9 Å². The Labute approximate surface area is 110 Å². The Balaban J connectivity index is 2.71. The van der Waals surface area contributed by atoms with Crippen molar-refractivity contribution in [2.75, 3.05) is 13.6 Å². The molecular weight excluding hydrogens is 250 g/mol. The van der Waals surface area contributed by atoms with Crippen molar-refractivity contribution in [3.63, 3.8) is 0 Å². The fourth-order valence-corrected chi connectivity index (χ4v) is 1.39. The predicted molar refractivity (Wildman–Crippen MR) is 67.7 cm³/mol. The zero-order valence-corrected chi connectivity index (χ0v) is 10.4. The third-order valence-electron chi connectivity index (χ3n) is 2.22. The quantitative estimate of drug-likeness (QED) is 0.393. The van der Waals surface area contributed by atoms with Crippen molar-refractivity contribution in [3.8, 4) is 5.75 Å². The molecule has 0 aromatic heterocycles. The van der Waals surface area contributed by atoms with Crippen LogP contribution in [0.5, 0.6) is 5.75 Å². The molecule has 0 aliphatic carbocycles. The average Bonchev–Trinajstić information content (AvgIpc) is 2.37. The van der Waals surface area contributed by atoms with Gasteiger partial charge in [0.15, 0.2) is 0 Å². The summed E-state index contributed by atoms with van der Waals surface area (Å²) in [5.74, 6) is -1.77. The largest absolute Gasteiger partial charge is 0.478 e. The molecule has 0 bridgehead atoms. The molecule has 0 saturated heterocycles. The van der Waals surface area contributed by atoms with Gasteiger partial charge in [0.2, 0.25) is 0 Å². The minimum Gasteiger partial charge on any atom is -0.478 e. The molecule has 3 N–H and O–H groups in total. The normalized spacial score (nSPS) is 12.3. The van der Waals surface area contributed by atoms with E-state index < -0.39 is 18.0 Å². The van der Waals surface area contributed by atoms with Crippen LogP contribution in [0, 0.1) is 0 Å². The predicted octanol–water partition coefficient (Wildman–Crippen LogP) is 0.486. The van der Waals surface area contributed by atoms with E-state index in [1.165, 1.54) is 6.07 Å². The summed E-state index contributed by atoms with van der Waals surface area (Å²) in [5, 5.41) is 21.0. The highest BCUT2D eigenvalue weighted by Gasteiger charge is 2.08. The van der Waals surface area contributed by atoms with E-state index in [-0.39, 0.29) is 5.75 Å². The van der Waals surface area contributed by atoms with Gasteiger partial charge in [0.1, 0.15) is 5.75 Å². The molecule has 1 aromatic rings. The lowest BCUT2D eigenvalue weighted by Crippen LogP contribution is -2.16. The molecule has 1 unspecified atom stereocenters. The van der Waals surface area contributed by atoms with Crippen molar-refractivity contribution in [2.45, 2.75) is 6.10 Å². The van der Waals surface area contributed by atoms with Crippen molar-refractivity contribution in [1.82, 2.24) is 5.32 Å². The van der Waals surface area contributed by atoms with Gasteiger partial charge in [0.25, 0.3) is 0 Å². The van der Waals surface area contributed by atoms with Crippen LogP contribution in [0.2, 0.25) is 0 Å². The van der Waals surface area contributed by atoms with Crippen LogP contribution in [0.15, 0.2) is 36.4 Å². The van der Waals surface area contributed by atoms with E-state index in [1.54, 1.807) is 25.2 Å². The third kappa shape index (κ3) is 5.33. The number of carbonyl (C=O) groups excluding carboxylic acids is 1. The molecule has 0 aliphatic heterocycles. The van der Waals surface area contributed by atoms with Crippen molar-refractivity contribution in [3.05, 3.63) is 42.0 Å². The summed E-state index contributed by atoms with van der Waals surface area (Å²) < 4.78 is 4.91. The molecule has 6 heteroatoms. The second-order valence-corrected chi connectivity index (χ2v) is 3.74. The molecule has 0 fully saturated rings. The van der Waals surface area contributed by atoms with Crippen molar-refractivity contribution in [2.24, 2.45) is 0 Å². The van der Waals surface area contributed by atoms with Gasteiger partial charge in [-0.15, -0.1) is 0 Å². The Morgan fingerprint density at radius 1 is 1.42 bits per heavy atom.